The monoisotopic (exact) mass is 313 g/mol. The van der Waals surface area contributed by atoms with E-state index in [-0.39, 0.29) is 25.9 Å². The average Bonchev–Trinajstić information content (AvgIpc) is 2.45. The largest absolute Gasteiger partial charge is 0.479 e. The van der Waals surface area contributed by atoms with Crippen LogP contribution >= 0.6 is 0 Å². The molecule has 120 valence electrons. The summed E-state index contributed by atoms with van der Waals surface area (Å²) in [4.78, 5) is 23.1. The Morgan fingerprint density at radius 2 is 1.91 bits per heavy atom. The number of carboxylic acid groups (broad SMARTS) is 1. The van der Waals surface area contributed by atoms with E-state index >= 15 is 0 Å². The van der Waals surface area contributed by atoms with Crippen LogP contribution in [0.4, 0.5) is 13.6 Å². The Morgan fingerprint density at radius 3 is 2.50 bits per heavy atom. The fraction of sp³-hybridized carbons (Fsp3) is 0.467. The molecule has 0 aliphatic heterocycles. The number of hydrogen-bond donors (Lipinski definition) is 2. The summed E-state index contributed by atoms with van der Waals surface area (Å²) in [7, 11) is 0. The van der Waals surface area contributed by atoms with Crippen molar-refractivity contribution in [3.8, 4) is 0 Å². The van der Waals surface area contributed by atoms with Gasteiger partial charge in [0, 0.05) is 12.8 Å². The molecule has 0 bridgehead atoms. The summed E-state index contributed by atoms with van der Waals surface area (Å²) in [5, 5.41) is 11.4. The first-order valence-electron chi connectivity index (χ1n) is 6.93. The van der Waals surface area contributed by atoms with Crippen LogP contribution in [0, 0.1) is 0 Å². The normalized spacial score (nSPS) is 23.5. The molecule has 1 aliphatic rings. The second kappa shape index (κ2) is 6.29. The third-order valence-electron chi connectivity index (χ3n) is 3.67. The Kier molecular flexibility index (Phi) is 4.63. The maximum atomic E-state index is 13.5. The second-order valence-corrected chi connectivity index (χ2v) is 5.46. The topological polar surface area (TPSA) is 75.6 Å². The van der Waals surface area contributed by atoms with Crippen molar-refractivity contribution in [2.24, 2.45) is 0 Å². The van der Waals surface area contributed by atoms with Gasteiger partial charge in [0.25, 0.3) is 5.92 Å². The summed E-state index contributed by atoms with van der Waals surface area (Å²) >= 11 is 0. The number of aliphatic carboxylic acids is 1. The van der Waals surface area contributed by atoms with E-state index in [1.54, 1.807) is 30.3 Å². The van der Waals surface area contributed by atoms with Gasteiger partial charge < -0.3 is 15.2 Å². The van der Waals surface area contributed by atoms with Crippen molar-refractivity contribution in [3.63, 3.8) is 0 Å². The highest BCUT2D eigenvalue weighted by atomic mass is 19.3. The number of carbonyl (C=O) groups is 2. The Hall–Kier alpha value is -2.18. The molecule has 0 aromatic heterocycles. The van der Waals surface area contributed by atoms with E-state index in [1.807, 2.05) is 0 Å². The van der Waals surface area contributed by atoms with Gasteiger partial charge in [-0.05, 0) is 18.4 Å². The number of amides is 1. The lowest BCUT2D eigenvalue weighted by Crippen LogP contribution is -2.59. The van der Waals surface area contributed by atoms with Gasteiger partial charge in [-0.1, -0.05) is 30.3 Å². The molecule has 22 heavy (non-hydrogen) atoms. The van der Waals surface area contributed by atoms with E-state index in [4.69, 9.17) is 4.74 Å². The van der Waals surface area contributed by atoms with Crippen molar-refractivity contribution in [2.45, 2.75) is 43.8 Å². The number of ether oxygens (including phenoxy) is 1. The van der Waals surface area contributed by atoms with Crippen molar-refractivity contribution in [2.75, 3.05) is 0 Å². The van der Waals surface area contributed by atoms with Crippen molar-refractivity contribution < 1.29 is 28.2 Å². The number of halogens is 2. The molecule has 1 aromatic carbocycles. The van der Waals surface area contributed by atoms with E-state index in [0.29, 0.717) is 0 Å². The smallest absolute Gasteiger partial charge is 0.408 e. The van der Waals surface area contributed by atoms with Crippen LogP contribution in [-0.4, -0.2) is 28.6 Å². The van der Waals surface area contributed by atoms with Crippen LogP contribution in [0.5, 0.6) is 0 Å². The molecular weight excluding hydrogens is 296 g/mol. The summed E-state index contributed by atoms with van der Waals surface area (Å²) in [5.41, 5.74) is -1.26. The summed E-state index contributed by atoms with van der Waals surface area (Å²) < 4.78 is 31.9. The van der Waals surface area contributed by atoms with Gasteiger partial charge >= 0.3 is 12.1 Å². The van der Waals surface area contributed by atoms with Gasteiger partial charge in [-0.15, -0.1) is 0 Å². The van der Waals surface area contributed by atoms with E-state index in [0.717, 1.165) is 5.56 Å². The number of carbonyl (C=O) groups excluding carboxylic acids is 1. The van der Waals surface area contributed by atoms with Gasteiger partial charge in [0.15, 0.2) is 0 Å². The first kappa shape index (κ1) is 16.2. The molecule has 1 amide bonds. The highest BCUT2D eigenvalue weighted by Crippen LogP contribution is 2.39. The molecule has 0 spiro atoms. The Labute approximate surface area is 126 Å². The molecular formula is C15H17F2NO4. The molecule has 2 N–H and O–H groups in total. The summed E-state index contributed by atoms with van der Waals surface area (Å²) in [6.07, 6.45) is -2.32. The van der Waals surface area contributed by atoms with Gasteiger partial charge in [-0.3, -0.25) is 0 Å². The zero-order valence-corrected chi connectivity index (χ0v) is 11.9. The third kappa shape index (κ3) is 3.93. The molecule has 2 rings (SSSR count). The number of benzene rings is 1. The Balaban J connectivity index is 1.99. The standard InChI is InChI=1S/C15H17F2NO4/c16-15(17)8-4-7-14(10-15,12(19)20)18-13(21)22-9-11-5-2-1-3-6-11/h1-3,5-6H,4,7-10H2,(H,18,21)(H,19,20). The number of carboxylic acids is 1. The molecule has 1 atom stereocenters. The Morgan fingerprint density at radius 1 is 1.23 bits per heavy atom. The molecule has 1 saturated carbocycles. The van der Waals surface area contributed by atoms with Crippen LogP contribution in [0.15, 0.2) is 30.3 Å². The maximum absolute atomic E-state index is 13.5. The van der Waals surface area contributed by atoms with E-state index < -0.39 is 29.9 Å². The van der Waals surface area contributed by atoms with Crippen LogP contribution < -0.4 is 5.32 Å². The molecule has 1 unspecified atom stereocenters. The zero-order valence-electron chi connectivity index (χ0n) is 11.9. The minimum atomic E-state index is -3.11. The quantitative estimate of drug-likeness (QED) is 0.896. The average molecular weight is 313 g/mol. The van der Waals surface area contributed by atoms with Crippen molar-refractivity contribution in [1.29, 1.82) is 0 Å². The third-order valence-corrected chi connectivity index (χ3v) is 3.67. The second-order valence-electron chi connectivity index (χ2n) is 5.46. The maximum Gasteiger partial charge on any atom is 0.408 e. The molecule has 1 aliphatic carbocycles. The number of nitrogens with one attached hydrogen (secondary N) is 1. The van der Waals surface area contributed by atoms with Crippen molar-refractivity contribution in [1.82, 2.24) is 5.32 Å². The minimum absolute atomic E-state index is 0.0261. The van der Waals surface area contributed by atoms with E-state index in [9.17, 15) is 23.5 Å². The molecule has 7 heteroatoms. The highest BCUT2D eigenvalue weighted by molar-refractivity contribution is 5.84. The number of alkyl carbamates (subject to hydrolysis) is 1. The SMILES string of the molecule is O=C(NC1(C(=O)O)CCCC(F)(F)C1)OCc1ccccc1. The minimum Gasteiger partial charge on any atom is -0.479 e. The summed E-state index contributed by atoms with van der Waals surface area (Å²) in [6, 6.07) is 8.78. The fourth-order valence-corrected chi connectivity index (χ4v) is 2.56. The number of hydrogen-bond acceptors (Lipinski definition) is 3. The van der Waals surface area contributed by atoms with Gasteiger partial charge in [0.1, 0.15) is 12.1 Å². The van der Waals surface area contributed by atoms with E-state index in [2.05, 4.69) is 5.32 Å². The summed E-state index contributed by atoms with van der Waals surface area (Å²) in [6.45, 7) is -0.0568. The van der Waals surface area contributed by atoms with Crippen LogP contribution in [0.2, 0.25) is 0 Å². The van der Waals surface area contributed by atoms with Crippen molar-refractivity contribution >= 4 is 12.1 Å². The molecule has 0 saturated heterocycles. The lowest BCUT2D eigenvalue weighted by Gasteiger charge is -2.37. The highest BCUT2D eigenvalue weighted by Gasteiger charge is 2.51. The zero-order chi connectivity index (χ0) is 16.2. The number of rotatable bonds is 4. The lowest BCUT2D eigenvalue weighted by molar-refractivity contribution is -0.154. The van der Waals surface area contributed by atoms with Gasteiger partial charge in [-0.25, -0.2) is 18.4 Å². The van der Waals surface area contributed by atoms with E-state index in [1.165, 1.54) is 0 Å². The van der Waals surface area contributed by atoms with Gasteiger partial charge in [-0.2, -0.15) is 0 Å². The molecule has 5 nitrogen and oxygen atoms in total. The predicted octanol–water partition coefficient (Wildman–Crippen LogP) is 2.95. The van der Waals surface area contributed by atoms with Crippen LogP contribution in [-0.2, 0) is 16.1 Å². The van der Waals surface area contributed by atoms with Gasteiger partial charge in [0.2, 0.25) is 0 Å². The first-order valence-corrected chi connectivity index (χ1v) is 6.93. The Bertz CT molecular complexity index is 550. The van der Waals surface area contributed by atoms with Gasteiger partial charge in [0.05, 0.1) is 0 Å². The summed E-state index contributed by atoms with van der Waals surface area (Å²) in [5.74, 6) is -4.58. The van der Waals surface area contributed by atoms with Crippen LogP contribution in [0.1, 0.15) is 31.2 Å². The molecule has 0 radical (unpaired) electrons. The van der Waals surface area contributed by atoms with Crippen LogP contribution in [0.25, 0.3) is 0 Å². The number of alkyl halides is 2. The van der Waals surface area contributed by atoms with Crippen LogP contribution in [0.3, 0.4) is 0 Å². The molecule has 1 fully saturated rings. The predicted molar refractivity (Wildman–Crippen MR) is 73.5 cm³/mol. The van der Waals surface area contributed by atoms with Crippen molar-refractivity contribution in [3.05, 3.63) is 35.9 Å². The molecule has 0 heterocycles. The fourth-order valence-electron chi connectivity index (χ4n) is 2.56. The first-order chi connectivity index (χ1) is 10.3. The lowest BCUT2D eigenvalue weighted by atomic mass is 9.79. The molecule has 1 aromatic rings.